The van der Waals surface area contributed by atoms with Gasteiger partial charge in [-0.15, -0.1) is 11.3 Å². The largest absolute Gasteiger partial charge is 0.298 e. The van der Waals surface area contributed by atoms with Gasteiger partial charge in [0, 0.05) is 6.20 Å². The Morgan fingerprint density at radius 2 is 2.50 bits per heavy atom. The molecule has 0 aliphatic carbocycles. The lowest BCUT2D eigenvalue weighted by Crippen LogP contribution is -1.88. The summed E-state index contributed by atoms with van der Waals surface area (Å²) in [4.78, 5) is 10.3. The zero-order chi connectivity index (χ0) is 8.39. The van der Waals surface area contributed by atoms with E-state index in [0.717, 1.165) is 11.3 Å². The topological polar surface area (TPSA) is 34.9 Å². The summed E-state index contributed by atoms with van der Waals surface area (Å²) in [6.45, 7) is 0. The molecule has 2 aromatic rings. The molecule has 4 heteroatoms. The molecule has 2 rings (SSSR count). The van der Waals surface area contributed by atoms with Gasteiger partial charge in [0.2, 0.25) is 0 Å². The minimum atomic E-state index is 0.600. The van der Waals surface area contributed by atoms with Crippen molar-refractivity contribution in [1.29, 1.82) is 0 Å². The maximum atomic E-state index is 10.3. The van der Waals surface area contributed by atoms with Gasteiger partial charge in [-0.1, -0.05) is 0 Å². The normalized spacial score (nSPS) is 10.0. The summed E-state index contributed by atoms with van der Waals surface area (Å²) in [5, 5.41) is 7.01. The first-order valence-electron chi connectivity index (χ1n) is 3.44. The summed E-state index contributed by atoms with van der Waals surface area (Å²) in [6.07, 6.45) is 4.04. The number of rotatable bonds is 2. The first kappa shape index (κ1) is 7.24. The Labute approximate surface area is 73.3 Å². The van der Waals surface area contributed by atoms with Crippen LogP contribution >= 0.6 is 11.3 Å². The molecule has 2 aromatic heterocycles. The van der Waals surface area contributed by atoms with Crippen LogP contribution in [0.15, 0.2) is 29.9 Å². The summed E-state index contributed by atoms with van der Waals surface area (Å²) in [5.41, 5.74) is 0.600. The van der Waals surface area contributed by atoms with Crippen molar-refractivity contribution in [1.82, 2.24) is 9.78 Å². The highest BCUT2D eigenvalue weighted by atomic mass is 32.1. The van der Waals surface area contributed by atoms with Gasteiger partial charge in [0.15, 0.2) is 6.29 Å². The highest BCUT2D eigenvalue weighted by Crippen LogP contribution is 2.13. The molecule has 0 saturated heterocycles. The van der Waals surface area contributed by atoms with Gasteiger partial charge < -0.3 is 0 Å². The lowest BCUT2D eigenvalue weighted by molar-refractivity contribution is 0.112. The lowest BCUT2D eigenvalue weighted by atomic mass is 10.4. The van der Waals surface area contributed by atoms with Crippen LogP contribution in [0.2, 0.25) is 0 Å². The number of thiophene rings is 1. The van der Waals surface area contributed by atoms with Crippen molar-refractivity contribution in [3.8, 4) is 5.00 Å². The maximum absolute atomic E-state index is 10.3. The number of aldehydes is 1. The molecule has 0 aliphatic heterocycles. The molecule has 12 heavy (non-hydrogen) atoms. The molecule has 0 saturated carbocycles. The molecule has 0 fully saturated rings. The predicted octanol–water partition coefficient (Wildman–Crippen LogP) is 1.75. The second-order valence-corrected chi connectivity index (χ2v) is 3.21. The number of hydrogen-bond acceptors (Lipinski definition) is 3. The molecule has 0 aliphatic rings. The summed E-state index contributed by atoms with van der Waals surface area (Å²) < 4.78 is 1.69. The summed E-state index contributed by atoms with van der Waals surface area (Å²) in [6, 6.07) is 3.90. The van der Waals surface area contributed by atoms with Gasteiger partial charge in [-0.25, -0.2) is 4.68 Å². The third-order valence-corrected chi connectivity index (χ3v) is 2.33. The molecule has 0 radical (unpaired) electrons. The molecule has 0 amide bonds. The fourth-order valence-electron chi connectivity index (χ4n) is 0.918. The van der Waals surface area contributed by atoms with Crippen LogP contribution in [0.25, 0.3) is 5.00 Å². The Morgan fingerprint density at radius 3 is 3.08 bits per heavy atom. The molecule has 0 N–H and O–H groups in total. The molecule has 0 unspecified atom stereocenters. The third-order valence-electron chi connectivity index (χ3n) is 1.47. The molecule has 3 nitrogen and oxygen atoms in total. The summed E-state index contributed by atoms with van der Waals surface area (Å²) in [7, 11) is 0. The van der Waals surface area contributed by atoms with Gasteiger partial charge in [-0.2, -0.15) is 5.10 Å². The Hall–Kier alpha value is -1.42. The summed E-state index contributed by atoms with van der Waals surface area (Å²) >= 11 is 1.58. The monoisotopic (exact) mass is 178 g/mol. The first-order valence-corrected chi connectivity index (χ1v) is 4.32. The van der Waals surface area contributed by atoms with Crippen LogP contribution in [0.4, 0.5) is 0 Å². The molecule has 0 aromatic carbocycles. The van der Waals surface area contributed by atoms with E-state index in [1.807, 2.05) is 17.5 Å². The average Bonchev–Trinajstić information content (AvgIpc) is 2.75. The fourth-order valence-corrected chi connectivity index (χ4v) is 1.58. The van der Waals surface area contributed by atoms with E-state index in [1.54, 1.807) is 28.4 Å². The number of nitrogens with zero attached hydrogens (tertiary/aromatic N) is 2. The van der Waals surface area contributed by atoms with E-state index >= 15 is 0 Å². The molecule has 0 bridgehead atoms. The van der Waals surface area contributed by atoms with Crippen LogP contribution in [0.3, 0.4) is 0 Å². The van der Waals surface area contributed by atoms with Crippen molar-refractivity contribution in [3.05, 3.63) is 35.5 Å². The average molecular weight is 178 g/mol. The van der Waals surface area contributed by atoms with Crippen molar-refractivity contribution in [3.63, 3.8) is 0 Å². The molecule has 0 spiro atoms. The van der Waals surface area contributed by atoms with Gasteiger partial charge in [0.05, 0.1) is 11.8 Å². The minimum Gasteiger partial charge on any atom is -0.298 e. The minimum absolute atomic E-state index is 0.600. The lowest BCUT2D eigenvalue weighted by Gasteiger charge is -1.91. The second kappa shape index (κ2) is 2.91. The van der Waals surface area contributed by atoms with E-state index in [0.29, 0.717) is 5.56 Å². The Kier molecular flexibility index (Phi) is 1.75. The molecular formula is C8H6N2OS. The smallest absolute Gasteiger partial charge is 0.153 e. The van der Waals surface area contributed by atoms with Crippen molar-refractivity contribution in [2.75, 3.05) is 0 Å². The van der Waals surface area contributed by atoms with Crippen LogP contribution in [-0.4, -0.2) is 16.1 Å². The van der Waals surface area contributed by atoms with Crippen LogP contribution in [0, 0.1) is 0 Å². The van der Waals surface area contributed by atoms with E-state index in [-0.39, 0.29) is 0 Å². The Morgan fingerprint density at radius 1 is 1.58 bits per heavy atom. The molecule has 2 heterocycles. The number of carbonyl (C=O) groups is 1. The maximum Gasteiger partial charge on any atom is 0.153 e. The van der Waals surface area contributed by atoms with Crippen molar-refractivity contribution in [2.24, 2.45) is 0 Å². The van der Waals surface area contributed by atoms with Gasteiger partial charge in [0.25, 0.3) is 0 Å². The first-order chi connectivity index (χ1) is 5.90. The van der Waals surface area contributed by atoms with E-state index in [4.69, 9.17) is 0 Å². The highest BCUT2D eigenvalue weighted by Gasteiger charge is 1.99. The van der Waals surface area contributed by atoms with Crippen molar-refractivity contribution in [2.45, 2.75) is 0 Å². The van der Waals surface area contributed by atoms with E-state index in [9.17, 15) is 4.79 Å². The van der Waals surface area contributed by atoms with Crippen LogP contribution < -0.4 is 0 Å². The fraction of sp³-hybridized carbons (Fsp3) is 0. The van der Waals surface area contributed by atoms with Crippen molar-refractivity contribution < 1.29 is 4.79 Å². The van der Waals surface area contributed by atoms with E-state index in [1.165, 1.54) is 0 Å². The number of hydrogen-bond donors (Lipinski definition) is 0. The quantitative estimate of drug-likeness (QED) is 0.656. The summed E-state index contributed by atoms with van der Waals surface area (Å²) in [5.74, 6) is 0. The van der Waals surface area contributed by atoms with Gasteiger partial charge >= 0.3 is 0 Å². The zero-order valence-electron chi connectivity index (χ0n) is 6.18. The van der Waals surface area contributed by atoms with Crippen LogP contribution in [0.1, 0.15) is 10.4 Å². The van der Waals surface area contributed by atoms with Gasteiger partial charge in [0.1, 0.15) is 5.00 Å². The van der Waals surface area contributed by atoms with Crippen LogP contribution in [-0.2, 0) is 0 Å². The van der Waals surface area contributed by atoms with Crippen molar-refractivity contribution >= 4 is 17.6 Å². The van der Waals surface area contributed by atoms with Gasteiger partial charge in [-0.3, -0.25) is 4.79 Å². The zero-order valence-corrected chi connectivity index (χ0v) is 6.99. The molecule has 0 atom stereocenters. The highest BCUT2D eigenvalue weighted by molar-refractivity contribution is 7.12. The molecule has 60 valence electrons. The third kappa shape index (κ3) is 1.16. The number of aromatic nitrogens is 2. The van der Waals surface area contributed by atoms with E-state index < -0.39 is 0 Å². The van der Waals surface area contributed by atoms with Crippen LogP contribution in [0.5, 0.6) is 0 Å². The predicted molar refractivity (Wildman–Crippen MR) is 46.8 cm³/mol. The van der Waals surface area contributed by atoms with Gasteiger partial charge in [-0.05, 0) is 17.5 Å². The molecular weight excluding hydrogens is 172 g/mol. The Balaban J connectivity index is 2.41. The second-order valence-electron chi connectivity index (χ2n) is 2.29. The Bertz CT molecular complexity index is 377. The van der Waals surface area contributed by atoms with E-state index in [2.05, 4.69) is 5.10 Å². The SMILES string of the molecule is O=Cc1cnn(-c2cccs2)c1. The standard InChI is InChI=1S/C8H6N2OS/c11-6-7-4-9-10(5-7)8-2-1-3-12-8/h1-6H. The number of carbonyl (C=O) groups excluding carboxylic acids is 1.